The lowest BCUT2D eigenvalue weighted by Gasteiger charge is -2.29. The third kappa shape index (κ3) is 2.53. The molecule has 1 saturated carbocycles. The summed E-state index contributed by atoms with van der Waals surface area (Å²) in [4.78, 5) is 7.97. The molecule has 1 atom stereocenters. The molecule has 1 aliphatic rings. The highest BCUT2D eigenvalue weighted by Gasteiger charge is 2.26. The standard InChI is InChI=1S/C12H18N2O/c1-9-2-4-10(5-3-9)12(15)11-6-7-13-8-14-11/h6-10,12,15H,2-5H2,1H3. The smallest absolute Gasteiger partial charge is 0.115 e. The summed E-state index contributed by atoms with van der Waals surface area (Å²) in [5.74, 6) is 1.20. The Labute approximate surface area is 90.6 Å². The van der Waals surface area contributed by atoms with Crippen molar-refractivity contribution in [2.75, 3.05) is 0 Å². The van der Waals surface area contributed by atoms with Gasteiger partial charge in [0.05, 0.1) is 11.8 Å². The quantitative estimate of drug-likeness (QED) is 0.807. The molecule has 3 heteroatoms. The van der Waals surface area contributed by atoms with Gasteiger partial charge in [0.2, 0.25) is 0 Å². The zero-order valence-corrected chi connectivity index (χ0v) is 9.13. The van der Waals surface area contributed by atoms with Gasteiger partial charge in [-0.25, -0.2) is 9.97 Å². The molecule has 0 aliphatic heterocycles. The van der Waals surface area contributed by atoms with E-state index in [1.54, 1.807) is 6.20 Å². The van der Waals surface area contributed by atoms with Crippen molar-refractivity contribution >= 4 is 0 Å². The molecule has 0 saturated heterocycles. The van der Waals surface area contributed by atoms with Gasteiger partial charge in [0.25, 0.3) is 0 Å². The highest BCUT2D eigenvalue weighted by atomic mass is 16.3. The van der Waals surface area contributed by atoms with E-state index < -0.39 is 6.10 Å². The molecule has 3 nitrogen and oxygen atoms in total. The van der Waals surface area contributed by atoms with Crippen molar-refractivity contribution in [3.63, 3.8) is 0 Å². The van der Waals surface area contributed by atoms with E-state index in [1.165, 1.54) is 19.2 Å². The molecule has 15 heavy (non-hydrogen) atoms. The number of aliphatic hydroxyl groups excluding tert-OH is 1. The maximum Gasteiger partial charge on any atom is 0.115 e. The zero-order chi connectivity index (χ0) is 10.7. The molecule has 1 N–H and O–H groups in total. The molecular weight excluding hydrogens is 188 g/mol. The maximum absolute atomic E-state index is 10.1. The summed E-state index contributed by atoms with van der Waals surface area (Å²) in [6, 6.07) is 1.81. The van der Waals surface area contributed by atoms with Crippen molar-refractivity contribution in [2.24, 2.45) is 11.8 Å². The van der Waals surface area contributed by atoms with Gasteiger partial charge in [-0.2, -0.15) is 0 Å². The lowest BCUT2D eigenvalue weighted by molar-refractivity contribution is 0.0720. The normalized spacial score (nSPS) is 28.7. The Balaban J connectivity index is 1.99. The molecular formula is C12H18N2O. The van der Waals surface area contributed by atoms with Gasteiger partial charge >= 0.3 is 0 Å². The molecule has 2 rings (SSSR count). The molecule has 1 unspecified atom stereocenters. The highest BCUT2D eigenvalue weighted by molar-refractivity contribution is 5.03. The van der Waals surface area contributed by atoms with Crippen LogP contribution in [0.3, 0.4) is 0 Å². The monoisotopic (exact) mass is 206 g/mol. The number of nitrogens with zero attached hydrogens (tertiary/aromatic N) is 2. The van der Waals surface area contributed by atoms with E-state index >= 15 is 0 Å². The van der Waals surface area contributed by atoms with Crippen LogP contribution in [0.4, 0.5) is 0 Å². The van der Waals surface area contributed by atoms with Crippen molar-refractivity contribution in [1.82, 2.24) is 9.97 Å². The molecule has 0 amide bonds. The maximum atomic E-state index is 10.1. The fourth-order valence-corrected chi connectivity index (χ4v) is 2.32. The third-order valence-electron chi connectivity index (χ3n) is 3.41. The SMILES string of the molecule is CC1CCC(C(O)c2ccncn2)CC1. The fourth-order valence-electron chi connectivity index (χ4n) is 2.32. The Kier molecular flexibility index (Phi) is 3.31. The highest BCUT2D eigenvalue weighted by Crippen LogP contribution is 2.35. The predicted molar refractivity (Wildman–Crippen MR) is 58.1 cm³/mol. The van der Waals surface area contributed by atoms with Crippen LogP contribution in [0.5, 0.6) is 0 Å². The summed E-state index contributed by atoms with van der Waals surface area (Å²) in [6.07, 6.45) is 7.49. The van der Waals surface area contributed by atoms with E-state index in [2.05, 4.69) is 16.9 Å². The van der Waals surface area contributed by atoms with E-state index in [4.69, 9.17) is 0 Å². The first-order chi connectivity index (χ1) is 7.27. The second-order valence-corrected chi connectivity index (χ2v) is 4.60. The average molecular weight is 206 g/mol. The van der Waals surface area contributed by atoms with Crippen LogP contribution in [0, 0.1) is 11.8 Å². The van der Waals surface area contributed by atoms with Crippen LogP contribution >= 0.6 is 0 Å². The molecule has 0 bridgehead atoms. The van der Waals surface area contributed by atoms with E-state index in [0.717, 1.165) is 24.5 Å². The first-order valence-electron chi connectivity index (χ1n) is 5.71. The minimum atomic E-state index is -0.402. The molecule has 0 radical (unpaired) electrons. The van der Waals surface area contributed by atoms with Gasteiger partial charge < -0.3 is 5.11 Å². The summed E-state index contributed by atoms with van der Waals surface area (Å²) in [5.41, 5.74) is 0.768. The summed E-state index contributed by atoms with van der Waals surface area (Å²) in [5, 5.41) is 10.1. The summed E-state index contributed by atoms with van der Waals surface area (Å²) in [6.45, 7) is 2.29. The fraction of sp³-hybridized carbons (Fsp3) is 0.667. The van der Waals surface area contributed by atoms with Gasteiger partial charge in [-0.3, -0.25) is 0 Å². The lowest BCUT2D eigenvalue weighted by atomic mass is 9.79. The van der Waals surface area contributed by atoms with E-state index in [-0.39, 0.29) is 0 Å². The zero-order valence-electron chi connectivity index (χ0n) is 9.13. The van der Waals surface area contributed by atoms with E-state index in [9.17, 15) is 5.11 Å². The van der Waals surface area contributed by atoms with Gasteiger partial charge in [-0.15, -0.1) is 0 Å². The van der Waals surface area contributed by atoms with Crippen molar-refractivity contribution in [2.45, 2.75) is 38.7 Å². The molecule has 82 valence electrons. The minimum absolute atomic E-state index is 0.385. The van der Waals surface area contributed by atoms with Crippen molar-refractivity contribution in [3.8, 4) is 0 Å². The molecule has 1 aliphatic carbocycles. The molecule has 1 aromatic rings. The number of aliphatic hydroxyl groups is 1. The van der Waals surface area contributed by atoms with Gasteiger partial charge in [-0.1, -0.05) is 19.8 Å². The molecule has 1 fully saturated rings. The largest absolute Gasteiger partial charge is 0.387 e. The Morgan fingerprint density at radius 2 is 2.07 bits per heavy atom. The van der Waals surface area contributed by atoms with Gasteiger partial charge in [-0.05, 0) is 30.7 Å². The average Bonchev–Trinajstić information content (AvgIpc) is 2.30. The Morgan fingerprint density at radius 1 is 1.33 bits per heavy atom. The predicted octanol–water partition coefficient (Wildman–Crippen LogP) is 2.34. The summed E-state index contributed by atoms with van der Waals surface area (Å²) >= 11 is 0. The van der Waals surface area contributed by atoms with Gasteiger partial charge in [0.15, 0.2) is 0 Å². The third-order valence-corrected chi connectivity index (χ3v) is 3.41. The van der Waals surface area contributed by atoms with Crippen molar-refractivity contribution in [1.29, 1.82) is 0 Å². The Hall–Kier alpha value is -0.960. The topological polar surface area (TPSA) is 46.0 Å². The molecule has 1 aromatic heterocycles. The van der Waals surface area contributed by atoms with Crippen molar-refractivity contribution in [3.05, 3.63) is 24.3 Å². The van der Waals surface area contributed by atoms with Gasteiger partial charge in [0, 0.05) is 6.20 Å². The summed E-state index contributed by atoms with van der Waals surface area (Å²) in [7, 11) is 0. The minimum Gasteiger partial charge on any atom is -0.387 e. The first kappa shape index (κ1) is 10.6. The van der Waals surface area contributed by atoms with Crippen LogP contribution in [0.2, 0.25) is 0 Å². The van der Waals surface area contributed by atoms with E-state index in [0.29, 0.717) is 5.92 Å². The Morgan fingerprint density at radius 3 is 2.67 bits per heavy atom. The van der Waals surface area contributed by atoms with Crippen LogP contribution in [0.1, 0.15) is 44.4 Å². The second kappa shape index (κ2) is 4.71. The van der Waals surface area contributed by atoms with Crippen LogP contribution in [-0.4, -0.2) is 15.1 Å². The number of hydrogen-bond donors (Lipinski definition) is 1. The van der Waals surface area contributed by atoms with Gasteiger partial charge in [0.1, 0.15) is 6.33 Å². The second-order valence-electron chi connectivity index (χ2n) is 4.60. The lowest BCUT2D eigenvalue weighted by Crippen LogP contribution is -2.20. The summed E-state index contributed by atoms with van der Waals surface area (Å²) < 4.78 is 0. The first-order valence-corrected chi connectivity index (χ1v) is 5.71. The van der Waals surface area contributed by atoms with Crippen molar-refractivity contribution < 1.29 is 5.11 Å². The number of aromatic nitrogens is 2. The number of hydrogen-bond acceptors (Lipinski definition) is 3. The molecule has 0 spiro atoms. The molecule has 1 heterocycles. The number of rotatable bonds is 2. The van der Waals surface area contributed by atoms with E-state index in [1.807, 2.05) is 6.07 Å². The molecule has 0 aromatic carbocycles. The van der Waals surface area contributed by atoms with Crippen LogP contribution < -0.4 is 0 Å². The van der Waals surface area contributed by atoms with Crippen LogP contribution in [0.15, 0.2) is 18.6 Å². The van der Waals surface area contributed by atoms with Crippen LogP contribution in [-0.2, 0) is 0 Å². The van der Waals surface area contributed by atoms with Crippen LogP contribution in [0.25, 0.3) is 0 Å². The Bertz CT molecular complexity index is 294.